The van der Waals surface area contributed by atoms with E-state index in [-0.39, 0.29) is 0 Å². The highest BCUT2D eigenvalue weighted by Gasteiger charge is 2.55. The molecular weight excluding hydrogens is 352 g/mol. The molecular formula is C19H24N2O6. The molecule has 8 heteroatoms. The normalized spacial score (nSPS) is 25.8. The van der Waals surface area contributed by atoms with Gasteiger partial charge in [0, 0.05) is 5.56 Å². The lowest BCUT2D eigenvalue weighted by atomic mass is 9.79. The zero-order valence-corrected chi connectivity index (χ0v) is 15.1. The second-order valence-electron chi connectivity index (χ2n) is 6.85. The zero-order valence-electron chi connectivity index (χ0n) is 15.1. The Hall–Kier alpha value is -2.61. The molecule has 4 atom stereocenters. The second-order valence-corrected chi connectivity index (χ2v) is 6.85. The van der Waals surface area contributed by atoms with Crippen LogP contribution in [0.15, 0.2) is 24.3 Å². The molecule has 3 rings (SSSR count). The first kappa shape index (κ1) is 19.2. The number of rotatable bonds is 7. The molecule has 2 fully saturated rings. The van der Waals surface area contributed by atoms with E-state index in [2.05, 4.69) is 17.8 Å². The Balaban J connectivity index is 1.53. The molecule has 3 N–H and O–H groups in total. The lowest BCUT2D eigenvalue weighted by Crippen LogP contribution is -2.50. The molecule has 2 amide bonds. The number of hydrogen-bond donors (Lipinski definition) is 3. The predicted molar refractivity (Wildman–Crippen MR) is 95.0 cm³/mol. The van der Waals surface area contributed by atoms with Gasteiger partial charge in [-0.25, -0.2) is 0 Å². The molecule has 2 heterocycles. The van der Waals surface area contributed by atoms with Crippen molar-refractivity contribution in [1.29, 1.82) is 0 Å². The van der Waals surface area contributed by atoms with Gasteiger partial charge in [-0.1, -0.05) is 13.3 Å². The lowest BCUT2D eigenvalue weighted by molar-refractivity contribution is -0.148. The van der Waals surface area contributed by atoms with Crippen LogP contribution in [0.1, 0.15) is 43.0 Å². The minimum absolute atomic E-state index is 0.358. The fourth-order valence-electron chi connectivity index (χ4n) is 3.64. The summed E-state index contributed by atoms with van der Waals surface area (Å²) in [5.41, 5.74) is 5.03. The number of unbranched alkanes of at least 4 members (excludes halogenated alkanes) is 1. The van der Waals surface area contributed by atoms with Gasteiger partial charge in [-0.15, -0.1) is 0 Å². The molecule has 0 spiro atoms. The Labute approximate surface area is 157 Å². The minimum atomic E-state index is -1.05. The number of carboxylic acids is 1. The van der Waals surface area contributed by atoms with Crippen LogP contribution in [-0.2, 0) is 14.3 Å². The van der Waals surface area contributed by atoms with Crippen LogP contribution in [0.5, 0.6) is 5.75 Å². The number of carbonyl (C=O) groups is 3. The monoisotopic (exact) mass is 376 g/mol. The molecule has 0 aliphatic carbocycles. The van der Waals surface area contributed by atoms with Crippen LogP contribution < -0.4 is 15.6 Å². The molecule has 3 unspecified atom stereocenters. The number of hydrogen-bond acceptors (Lipinski definition) is 5. The van der Waals surface area contributed by atoms with Gasteiger partial charge >= 0.3 is 5.97 Å². The summed E-state index contributed by atoms with van der Waals surface area (Å²) in [6.45, 7) is 2.70. The Bertz CT molecular complexity index is 705. The molecule has 1 aromatic rings. The zero-order chi connectivity index (χ0) is 19.4. The van der Waals surface area contributed by atoms with E-state index in [4.69, 9.17) is 9.47 Å². The summed E-state index contributed by atoms with van der Waals surface area (Å²) >= 11 is 0. The third kappa shape index (κ3) is 4.21. The summed E-state index contributed by atoms with van der Waals surface area (Å²) < 4.78 is 11.1. The number of nitrogens with one attached hydrogen (secondary N) is 2. The molecule has 2 saturated heterocycles. The van der Waals surface area contributed by atoms with Crippen LogP contribution in [-0.4, -0.2) is 41.7 Å². The molecule has 27 heavy (non-hydrogen) atoms. The molecule has 2 aliphatic heterocycles. The Morgan fingerprint density at radius 3 is 2.41 bits per heavy atom. The standard InChI is InChI=1S/C19H24N2O6/c1-2-3-10-26-12-6-4-11(5-7-12)17(22)20-21-18(23)15-13-8-9-14(27-13)16(15)19(24)25/h4-7,13-16H,2-3,8-10H2,1H3,(H,20,22)(H,21,23)(H,24,25)/t13?,14?,15-,16?/m1/s1. The Kier molecular flexibility index (Phi) is 5.95. The number of hydrazine groups is 1. The minimum Gasteiger partial charge on any atom is -0.494 e. The first-order valence-electron chi connectivity index (χ1n) is 9.22. The highest BCUT2D eigenvalue weighted by Crippen LogP contribution is 2.43. The largest absolute Gasteiger partial charge is 0.494 e. The van der Waals surface area contributed by atoms with E-state index in [9.17, 15) is 19.5 Å². The van der Waals surface area contributed by atoms with E-state index in [0.717, 1.165) is 12.8 Å². The molecule has 146 valence electrons. The van der Waals surface area contributed by atoms with Gasteiger partial charge in [0.05, 0.1) is 30.7 Å². The van der Waals surface area contributed by atoms with Gasteiger partial charge in [0.25, 0.3) is 5.91 Å². The van der Waals surface area contributed by atoms with E-state index < -0.39 is 41.8 Å². The van der Waals surface area contributed by atoms with Gasteiger partial charge in [-0.05, 0) is 43.5 Å². The van der Waals surface area contributed by atoms with Gasteiger partial charge in [0.15, 0.2) is 0 Å². The van der Waals surface area contributed by atoms with Crippen molar-refractivity contribution in [2.75, 3.05) is 6.61 Å². The topological polar surface area (TPSA) is 114 Å². The van der Waals surface area contributed by atoms with Crippen molar-refractivity contribution in [1.82, 2.24) is 10.9 Å². The van der Waals surface area contributed by atoms with Crippen molar-refractivity contribution in [3.63, 3.8) is 0 Å². The van der Waals surface area contributed by atoms with E-state index in [1.54, 1.807) is 24.3 Å². The van der Waals surface area contributed by atoms with Crippen LogP contribution in [0, 0.1) is 11.8 Å². The van der Waals surface area contributed by atoms with Crippen molar-refractivity contribution < 1.29 is 29.0 Å². The number of fused-ring (bicyclic) bond motifs is 2. The smallest absolute Gasteiger partial charge is 0.310 e. The number of carboxylic acid groups (broad SMARTS) is 1. The highest BCUT2D eigenvalue weighted by molar-refractivity contribution is 5.96. The molecule has 8 nitrogen and oxygen atoms in total. The average molecular weight is 376 g/mol. The van der Waals surface area contributed by atoms with Crippen molar-refractivity contribution in [3.05, 3.63) is 29.8 Å². The van der Waals surface area contributed by atoms with E-state index >= 15 is 0 Å². The van der Waals surface area contributed by atoms with Crippen LogP contribution in [0.2, 0.25) is 0 Å². The number of aliphatic carboxylic acids is 1. The summed E-state index contributed by atoms with van der Waals surface area (Å²) in [4.78, 5) is 36.0. The molecule has 0 saturated carbocycles. The van der Waals surface area contributed by atoms with Crippen LogP contribution in [0.3, 0.4) is 0 Å². The average Bonchev–Trinajstić information content (AvgIpc) is 3.28. The molecule has 0 radical (unpaired) electrons. The van der Waals surface area contributed by atoms with Gasteiger partial charge in [-0.3, -0.25) is 25.2 Å². The summed E-state index contributed by atoms with van der Waals surface area (Å²) in [7, 11) is 0. The van der Waals surface area contributed by atoms with Crippen molar-refractivity contribution >= 4 is 17.8 Å². The van der Waals surface area contributed by atoms with Crippen LogP contribution in [0.25, 0.3) is 0 Å². The maximum absolute atomic E-state index is 12.4. The summed E-state index contributed by atoms with van der Waals surface area (Å²) in [5, 5.41) is 9.35. The first-order chi connectivity index (χ1) is 13.0. The Morgan fingerprint density at radius 1 is 1.11 bits per heavy atom. The quantitative estimate of drug-likeness (QED) is 0.491. The van der Waals surface area contributed by atoms with Gasteiger partial charge in [-0.2, -0.15) is 0 Å². The van der Waals surface area contributed by atoms with Crippen molar-refractivity contribution in [2.45, 2.75) is 44.8 Å². The molecule has 0 aromatic heterocycles. The van der Waals surface area contributed by atoms with Crippen molar-refractivity contribution in [2.24, 2.45) is 11.8 Å². The fraction of sp³-hybridized carbons (Fsp3) is 0.526. The molecule has 2 aliphatic rings. The summed E-state index contributed by atoms with van der Waals surface area (Å²) in [6, 6.07) is 6.58. The van der Waals surface area contributed by atoms with E-state index in [0.29, 0.717) is 30.8 Å². The maximum atomic E-state index is 12.4. The second kappa shape index (κ2) is 8.39. The van der Waals surface area contributed by atoms with Crippen molar-refractivity contribution in [3.8, 4) is 5.75 Å². The predicted octanol–water partition coefficient (Wildman–Crippen LogP) is 1.50. The van der Waals surface area contributed by atoms with Crippen LogP contribution >= 0.6 is 0 Å². The summed E-state index contributed by atoms with van der Waals surface area (Å²) in [6.07, 6.45) is 2.45. The molecule has 2 bridgehead atoms. The summed E-state index contributed by atoms with van der Waals surface area (Å²) in [5.74, 6) is -3.07. The highest BCUT2D eigenvalue weighted by atomic mass is 16.5. The number of ether oxygens (including phenoxy) is 2. The third-order valence-corrected chi connectivity index (χ3v) is 5.04. The van der Waals surface area contributed by atoms with Crippen LogP contribution in [0.4, 0.5) is 0 Å². The van der Waals surface area contributed by atoms with E-state index in [1.807, 2.05) is 0 Å². The Morgan fingerprint density at radius 2 is 1.78 bits per heavy atom. The SMILES string of the molecule is CCCCOc1ccc(C(=O)NNC(=O)[C@@H]2C3CCC(O3)C2C(=O)O)cc1. The number of amides is 2. The number of benzene rings is 1. The fourth-order valence-corrected chi connectivity index (χ4v) is 3.64. The van der Waals surface area contributed by atoms with Gasteiger partial charge < -0.3 is 14.6 Å². The van der Waals surface area contributed by atoms with Gasteiger partial charge in [0.2, 0.25) is 5.91 Å². The maximum Gasteiger partial charge on any atom is 0.310 e. The first-order valence-corrected chi connectivity index (χ1v) is 9.22. The third-order valence-electron chi connectivity index (χ3n) is 5.04. The van der Waals surface area contributed by atoms with E-state index in [1.165, 1.54) is 0 Å². The molecule has 1 aromatic carbocycles. The lowest BCUT2D eigenvalue weighted by Gasteiger charge is -2.23. The van der Waals surface area contributed by atoms with Gasteiger partial charge in [0.1, 0.15) is 5.75 Å². The number of carbonyl (C=O) groups excluding carboxylic acids is 2.